The van der Waals surface area contributed by atoms with Crippen molar-refractivity contribution in [3.63, 3.8) is 0 Å². The highest BCUT2D eigenvalue weighted by atomic mass is 19.3. The first-order chi connectivity index (χ1) is 11.4. The molecule has 134 valence electrons. The normalized spacial score (nSPS) is 18.8. The predicted molar refractivity (Wildman–Crippen MR) is 90.0 cm³/mol. The van der Waals surface area contributed by atoms with Gasteiger partial charge in [0.25, 0.3) is 6.43 Å². The van der Waals surface area contributed by atoms with E-state index in [9.17, 15) is 13.6 Å². The van der Waals surface area contributed by atoms with Gasteiger partial charge in [0.2, 0.25) is 0 Å². The Labute approximate surface area is 141 Å². The molecule has 7 heteroatoms. The van der Waals surface area contributed by atoms with Crippen LogP contribution in [0.15, 0.2) is 18.2 Å². The minimum absolute atomic E-state index is 0.0371. The van der Waals surface area contributed by atoms with E-state index in [2.05, 4.69) is 5.32 Å². The zero-order valence-electron chi connectivity index (χ0n) is 14.4. The Kier molecular flexibility index (Phi) is 6.36. The van der Waals surface area contributed by atoms with Gasteiger partial charge in [-0.15, -0.1) is 0 Å². The maximum absolute atomic E-state index is 12.6. The standard InChI is InChI=1S/C17H25F2N3O2/c1-4-13-10-22(8-7-21(13)11-16(18)19)17(23)20-15-9-14(24-3)6-5-12(15)2/h5-6,9,13,16H,4,7-8,10-11H2,1-3H3,(H,20,23). The molecule has 1 saturated heterocycles. The molecule has 1 unspecified atom stereocenters. The summed E-state index contributed by atoms with van der Waals surface area (Å²) in [4.78, 5) is 16.0. The Bertz CT molecular complexity index is 569. The van der Waals surface area contributed by atoms with Crippen molar-refractivity contribution in [2.45, 2.75) is 32.7 Å². The van der Waals surface area contributed by atoms with Crippen molar-refractivity contribution in [3.8, 4) is 5.75 Å². The van der Waals surface area contributed by atoms with Crippen molar-refractivity contribution >= 4 is 11.7 Å². The van der Waals surface area contributed by atoms with Crippen LogP contribution in [0.3, 0.4) is 0 Å². The molecule has 5 nitrogen and oxygen atoms in total. The maximum Gasteiger partial charge on any atom is 0.321 e. The molecular weight excluding hydrogens is 316 g/mol. The molecule has 1 aromatic rings. The number of benzene rings is 1. The number of rotatable bonds is 5. The maximum atomic E-state index is 12.6. The number of hydrogen-bond acceptors (Lipinski definition) is 3. The molecule has 0 spiro atoms. The van der Waals surface area contributed by atoms with E-state index in [0.29, 0.717) is 31.1 Å². The minimum Gasteiger partial charge on any atom is -0.497 e. The molecule has 0 aliphatic carbocycles. The molecule has 1 aliphatic rings. The van der Waals surface area contributed by atoms with Gasteiger partial charge in [-0.1, -0.05) is 13.0 Å². The predicted octanol–water partition coefficient (Wildman–Crippen LogP) is 3.20. The zero-order valence-corrected chi connectivity index (χ0v) is 14.4. The number of methoxy groups -OCH3 is 1. The van der Waals surface area contributed by atoms with Crippen molar-refractivity contribution in [1.82, 2.24) is 9.80 Å². The average molecular weight is 341 g/mol. The number of nitrogens with zero attached hydrogens (tertiary/aromatic N) is 2. The molecule has 1 heterocycles. The molecule has 1 aliphatic heterocycles. The van der Waals surface area contributed by atoms with E-state index in [0.717, 1.165) is 12.0 Å². The van der Waals surface area contributed by atoms with Gasteiger partial charge in [-0.25, -0.2) is 13.6 Å². The number of amides is 2. The lowest BCUT2D eigenvalue weighted by atomic mass is 10.1. The van der Waals surface area contributed by atoms with E-state index in [-0.39, 0.29) is 18.6 Å². The van der Waals surface area contributed by atoms with E-state index in [4.69, 9.17) is 4.74 Å². The lowest BCUT2D eigenvalue weighted by Crippen LogP contribution is -2.56. The van der Waals surface area contributed by atoms with Gasteiger partial charge >= 0.3 is 6.03 Å². The second-order valence-corrected chi connectivity index (χ2v) is 6.01. The molecule has 0 aromatic heterocycles. The molecule has 0 saturated carbocycles. The van der Waals surface area contributed by atoms with Gasteiger partial charge in [0.15, 0.2) is 0 Å². The van der Waals surface area contributed by atoms with Crippen molar-refractivity contribution < 1.29 is 18.3 Å². The molecule has 24 heavy (non-hydrogen) atoms. The monoisotopic (exact) mass is 341 g/mol. The van der Waals surface area contributed by atoms with Crippen LogP contribution in [-0.4, -0.2) is 61.6 Å². The van der Waals surface area contributed by atoms with Gasteiger partial charge in [0.1, 0.15) is 5.75 Å². The fourth-order valence-corrected chi connectivity index (χ4v) is 2.94. The Morgan fingerprint density at radius 3 is 2.79 bits per heavy atom. The van der Waals surface area contributed by atoms with Gasteiger partial charge in [0.05, 0.1) is 13.7 Å². The van der Waals surface area contributed by atoms with Gasteiger partial charge < -0.3 is 15.0 Å². The van der Waals surface area contributed by atoms with Crippen molar-refractivity contribution in [2.75, 3.05) is 38.6 Å². The number of hydrogen-bond donors (Lipinski definition) is 1. The summed E-state index contributed by atoms with van der Waals surface area (Å²) in [5.41, 5.74) is 1.63. The van der Waals surface area contributed by atoms with E-state index in [1.54, 1.807) is 23.0 Å². The third kappa shape index (κ3) is 4.56. The second-order valence-electron chi connectivity index (χ2n) is 6.01. The number of aryl methyl sites for hydroxylation is 1. The number of carbonyl (C=O) groups is 1. The van der Waals surface area contributed by atoms with Crippen LogP contribution in [0.5, 0.6) is 5.75 Å². The average Bonchev–Trinajstić information content (AvgIpc) is 2.56. The van der Waals surface area contributed by atoms with E-state index in [1.165, 1.54) is 0 Å². The highest BCUT2D eigenvalue weighted by molar-refractivity contribution is 5.90. The molecule has 1 aromatic carbocycles. The topological polar surface area (TPSA) is 44.8 Å². The first-order valence-corrected chi connectivity index (χ1v) is 8.17. The summed E-state index contributed by atoms with van der Waals surface area (Å²) in [6.07, 6.45) is -1.62. The van der Waals surface area contributed by atoms with Crippen LogP contribution < -0.4 is 10.1 Å². The first-order valence-electron chi connectivity index (χ1n) is 8.17. The summed E-state index contributed by atoms with van der Waals surface area (Å²) in [7, 11) is 1.57. The lowest BCUT2D eigenvalue weighted by Gasteiger charge is -2.41. The van der Waals surface area contributed by atoms with Gasteiger partial charge in [0, 0.05) is 37.4 Å². The van der Waals surface area contributed by atoms with Crippen LogP contribution in [0.2, 0.25) is 0 Å². The highest BCUT2D eigenvalue weighted by Crippen LogP contribution is 2.23. The van der Waals surface area contributed by atoms with Gasteiger partial charge in [-0.3, -0.25) is 4.90 Å². The van der Waals surface area contributed by atoms with Crippen LogP contribution in [-0.2, 0) is 0 Å². The van der Waals surface area contributed by atoms with E-state index >= 15 is 0 Å². The molecule has 1 N–H and O–H groups in total. The van der Waals surface area contributed by atoms with E-state index in [1.807, 2.05) is 26.0 Å². The second kappa shape index (κ2) is 8.28. The van der Waals surface area contributed by atoms with Crippen molar-refractivity contribution in [3.05, 3.63) is 23.8 Å². The molecular formula is C17H25F2N3O2. The van der Waals surface area contributed by atoms with E-state index < -0.39 is 6.43 Å². The minimum atomic E-state index is -2.35. The molecule has 0 radical (unpaired) electrons. The van der Waals surface area contributed by atoms with Crippen LogP contribution in [0.25, 0.3) is 0 Å². The molecule has 2 rings (SSSR count). The summed E-state index contributed by atoms with van der Waals surface area (Å²) in [5, 5.41) is 2.90. The Morgan fingerprint density at radius 1 is 1.42 bits per heavy atom. The third-order valence-electron chi connectivity index (χ3n) is 4.42. The third-order valence-corrected chi connectivity index (χ3v) is 4.42. The van der Waals surface area contributed by atoms with Crippen LogP contribution in [0.4, 0.5) is 19.3 Å². The zero-order chi connectivity index (χ0) is 17.7. The smallest absolute Gasteiger partial charge is 0.321 e. The van der Waals surface area contributed by atoms with Crippen LogP contribution >= 0.6 is 0 Å². The number of piperazine rings is 1. The summed E-state index contributed by atoms with van der Waals surface area (Å²) >= 11 is 0. The molecule has 1 atom stereocenters. The van der Waals surface area contributed by atoms with Crippen LogP contribution in [0, 0.1) is 6.92 Å². The highest BCUT2D eigenvalue weighted by Gasteiger charge is 2.30. The number of nitrogens with one attached hydrogen (secondary N) is 1. The molecule has 0 bridgehead atoms. The summed E-state index contributed by atoms with van der Waals surface area (Å²) < 4.78 is 30.5. The SMILES string of the molecule is CCC1CN(C(=O)Nc2cc(OC)ccc2C)CCN1CC(F)F. The number of ether oxygens (including phenoxy) is 1. The molecule has 2 amide bonds. The Balaban J connectivity index is 2.01. The quantitative estimate of drug-likeness (QED) is 0.894. The Morgan fingerprint density at radius 2 is 2.17 bits per heavy atom. The summed E-state index contributed by atoms with van der Waals surface area (Å²) in [6.45, 7) is 4.99. The number of alkyl halides is 2. The fraction of sp³-hybridized carbons (Fsp3) is 0.588. The Hall–Kier alpha value is -1.89. The van der Waals surface area contributed by atoms with Crippen LogP contribution in [0.1, 0.15) is 18.9 Å². The summed E-state index contributed by atoms with van der Waals surface area (Å²) in [6, 6.07) is 5.24. The first kappa shape index (κ1) is 18.4. The number of anilines is 1. The van der Waals surface area contributed by atoms with Crippen molar-refractivity contribution in [2.24, 2.45) is 0 Å². The van der Waals surface area contributed by atoms with Crippen molar-refractivity contribution in [1.29, 1.82) is 0 Å². The summed E-state index contributed by atoms with van der Waals surface area (Å²) in [5.74, 6) is 0.670. The fourth-order valence-electron chi connectivity index (χ4n) is 2.94. The van der Waals surface area contributed by atoms with Gasteiger partial charge in [-0.05, 0) is 25.0 Å². The number of halogens is 2. The molecule has 1 fully saturated rings. The lowest BCUT2D eigenvalue weighted by molar-refractivity contribution is 0.0306. The largest absolute Gasteiger partial charge is 0.497 e. The number of urea groups is 1. The number of carbonyl (C=O) groups excluding carboxylic acids is 1. The van der Waals surface area contributed by atoms with Gasteiger partial charge in [-0.2, -0.15) is 0 Å².